The van der Waals surface area contributed by atoms with Crippen LogP contribution < -0.4 is 4.72 Å². The van der Waals surface area contributed by atoms with Gasteiger partial charge in [-0.1, -0.05) is 17.3 Å². The number of benzene rings is 1. The first-order chi connectivity index (χ1) is 9.35. The van der Waals surface area contributed by atoms with Gasteiger partial charge in [-0.3, -0.25) is 0 Å². The summed E-state index contributed by atoms with van der Waals surface area (Å²) in [6.07, 6.45) is 0. The summed E-state index contributed by atoms with van der Waals surface area (Å²) in [4.78, 5) is 14.5. The van der Waals surface area contributed by atoms with E-state index in [0.29, 0.717) is 11.4 Å². The Morgan fingerprint density at radius 3 is 2.80 bits per heavy atom. The van der Waals surface area contributed by atoms with Gasteiger partial charge in [-0.25, -0.2) is 17.9 Å². The van der Waals surface area contributed by atoms with Gasteiger partial charge in [0, 0.05) is 0 Å². The fourth-order valence-corrected chi connectivity index (χ4v) is 2.56. The summed E-state index contributed by atoms with van der Waals surface area (Å²) in [6, 6.07) is 5.45. The van der Waals surface area contributed by atoms with E-state index in [-0.39, 0.29) is 11.6 Å². The maximum absolute atomic E-state index is 11.9. The highest BCUT2D eigenvalue weighted by Crippen LogP contribution is 2.12. The molecule has 0 aliphatic heterocycles. The van der Waals surface area contributed by atoms with Crippen LogP contribution in [0, 0.1) is 6.92 Å². The number of aryl methyl sites for hydroxylation is 1. The Morgan fingerprint density at radius 1 is 1.45 bits per heavy atom. The van der Waals surface area contributed by atoms with Gasteiger partial charge in [0.2, 0.25) is 10.0 Å². The van der Waals surface area contributed by atoms with E-state index in [0.717, 1.165) is 0 Å². The molecule has 2 rings (SSSR count). The van der Waals surface area contributed by atoms with Crippen molar-refractivity contribution >= 4 is 22.0 Å². The van der Waals surface area contributed by atoms with Crippen molar-refractivity contribution in [3.63, 3.8) is 0 Å². The summed E-state index contributed by atoms with van der Waals surface area (Å²) >= 11 is 0. The molecule has 0 saturated heterocycles. The molecule has 0 aliphatic carbocycles. The van der Waals surface area contributed by atoms with Crippen LogP contribution >= 0.6 is 0 Å². The van der Waals surface area contributed by atoms with E-state index in [1.807, 2.05) is 0 Å². The van der Waals surface area contributed by atoms with Crippen molar-refractivity contribution in [2.45, 2.75) is 12.7 Å². The molecule has 0 radical (unpaired) electrons. The van der Waals surface area contributed by atoms with Gasteiger partial charge in [0.15, 0.2) is 5.82 Å². The second kappa shape index (κ2) is 5.29. The third-order valence-electron chi connectivity index (χ3n) is 2.30. The molecular weight excluding hydrogens is 286 g/mol. The summed E-state index contributed by atoms with van der Waals surface area (Å²) in [5.41, 5.74) is 0.361. The maximum Gasteiger partial charge on any atom is 0.335 e. The van der Waals surface area contributed by atoms with Crippen molar-refractivity contribution in [1.29, 1.82) is 0 Å². The van der Waals surface area contributed by atoms with Crippen molar-refractivity contribution in [3.8, 4) is 0 Å². The van der Waals surface area contributed by atoms with E-state index in [2.05, 4.69) is 19.4 Å². The maximum atomic E-state index is 11.9. The molecule has 20 heavy (non-hydrogen) atoms. The fourth-order valence-electron chi connectivity index (χ4n) is 1.52. The summed E-state index contributed by atoms with van der Waals surface area (Å²) in [7, 11) is -3.76. The zero-order chi connectivity index (χ0) is 14.8. The third-order valence-corrected chi connectivity index (χ3v) is 3.50. The zero-order valence-electron chi connectivity index (χ0n) is 10.4. The lowest BCUT2D eigenvalue weighted by molar-refractivity contribution is 0.0696. The molecule has 0 atom stereocenters. The van der Waals surface area contributed by atoms with Crippen molar-refractivity contribution in [2.24, 2.45) is 0 Å². The van der Waals surface area contributed by atoms with Gasteiger partial charge in [-0.05, 0) is 24.6 Å². The second-order valence-electron chi connectivity index (χ2n) is 4.01. The van der Waals surface area contributed by atoms with Crippen molar-refractivity contribution in [1.82, 2.24) is 10.1 Å². The highest BCUT2D eigenvalue weighted by molar-refractivity contribution is 7.91. The first-order valence-corrected chi connectivity index (χ1v) is 7.14. The van der Waals surface area contributed by atoms with Gasteiger partial charge in [0.05, 0.1) is 11.3 Å². The number of nitrogens with one attached hydrogen (secondary N) is 1. The smallest absolute Gasteiger partial charge is 0.335 e. The van der Waals surface area contributed by atoms with Crippen LogP contribution in [0.2, 0.25) is 0 Å². The van der Waals surface area contributed by atoms with Crippen LogP contribution in [0.3, 0.4) is 0 Å². The van der Waals surface area contributed by atoms with Gasteiger partial charge in [0.1, 0.15) is 0 Å². The molecule has 1 aromatic carbocycles. The highest BCUT2D eigenvalue weighted by Gasteiger charge is 2.16. The monoisotopic (exact) mass is 297 g/mol. The minimum absolute atomic E-state index is 0.0198. The van der Waals surface area contributed by atoms with E-state index in [1.54, 1.807) is 6.92 Å². The Labute approximate surface area is 114 Å². The van der Waals surface area contributed by atoms with Gasteiger partial charge in [-0.15, -0.1) is 0 Å². The standard InChI is InChI=1S/C11H11N3O5S/c1-7-12-11(19-13-7)14-20(17,18)6-8-3-2-4-9(5-8)10(15)16/h2-5H,6H2,1H3,(H,15,16)(H,12,13,14). The first-order valence-electron chi connectivity index (χ1n) is 5.49. The normalized spacial score (nSPS) is 11.2. The molecule has 9 heteroatoms. The van der Waals surface area contributed by atoms with Crippen LogP contribution in [0.4, 0.5) is 6.01 Å². The van der Waals surface area contributed by atoms with Crippen LogP contribution in [0.15, 0.2) is 28.8 Å². The largest absolute Gasteiger partial charge is 0.478 e. The van der Waals surface area contributed by atoms with Gasteiger partial charge >= 0.3 is 12.0 Å². The lowest BCUT2D eigenvalue weighted by Gasteiger charge is -2.04. The number of anilines is 1. The van der Waals surface area contributed by atoms with E-state index in [1.165, 1.54) is 24.3 Å². The number of carboxylic acid groups (broad SMARTS) is 1. The number of hydrogen-bond donors (Lipinski definition) is 2. The van der Waals surface area contributed by atoms with Gasteiger partial charge in [0.25, 0.3) is 0 Å². The number of hydrogen-bond acceptors (Lipinski definition) is 6. The zero-order valence-corrected chi connectivity index (χ0v) is 11.2. The number of aromatic nitrogens is 2. The highest BCUT2D eigenvalue weighted by atomic mass is 32.2. The molecule has 8 nitrogen and oxygen atoms in total. The Morgan fingerprint density at radius 2 is 2.20 bits per heavy atom. The molecule has 106 valence electrons. The SMILES string of the molecule is Cc1noc(NS(=O)(=O)Cc2cccc(C(=O)O)c2)n1. The third kappa shape index (κ3) is 3.54. The molecule has 0 unspecified atom stereocenters. The molecule has 0 bridgehead atoms. The van der Waals surface area contributed by atoms with Crippen LogP contribution in [-0.4, -0.2) is 29.6 Å². The predicted molar refractivity (Wildman–Crippen MR) is 68.7 cm³/mol. The van der Waals surface area contributed by atoms with Crippen LogP contribution in [-0.2, 0) is 15.8 Å². The molecule has 0 aliphatic rings. The fraction of sp³-hybridized carbons (Fsp3) is 0.182. The first kappa shape index (κ1) is 14.0. The molecule has 0 spiro atoms. The minimum Gasteiger partial charge on any atom is -0.478 e. The van der Waals surface area contributed by atoms with E-state index < -0.39 is 21.7 Å². The van der Waals surface area contributed by atoms with Crippen LogP contribution in [0.1, 0.15) is 21.7 Å². The number of carbonyl (C=O) groups is 1. The Hall–Kier alpha value is -2.42. The lowest BCUT2D eigenvalue weighted by Crippen LogP contribution is -2.15. The topological polar surface area (TPSA) is 122 Å². The molecule has 2 N–H and O–H groups in total. The number of carboxylic acids is 1. The number of sulfonamides is 1. The molecule has 0 saturated carbocycles. The number of aromatic carboxylic acids is 1. The second-order valence-corrected chi connectivity index (χ2v) is 5.74. The Kier molecular flexibility index (Phi) is 3.70. The summed E-state index contributed by atoms with van der Waals surface area (Å²) < 4.78 is 30.5. The Bertz CT molecular complexity index is 738. The van der Waals surface area contributed by atoms with Crippen LogP contribution in [0.25, 0.3) is 0 Å². The van der Waals surface area contributed by atoms with Gasteiger partial charge in [-0.2, -0.15) is 4.98 Å². The van der Waals surface area contributed by atoms with Crippen molar-refractivity contribution in [3.05, 3.63) is 41.2 Å². The molecule has 1 aromatic heterocycles. The average Bonchev–Trinajstić information content (AvgIpc) is 2.73. The Balaban J connectivity index is 2.15. The molecule has 0 fully saturated rings. The average molecular weight is 297 g/mol. The molecule has 0 amide bonds. The van der Waals surface area contributed by atoms with Crippen molar-refractivity contribution in [2.75, 3.05) is 4.72 Å². The molecule has 2 aromatic rings. The van der Waals surface area contributed by atoms with Gasteiger partial charge < -0.3 is 9.63 Å². The minimum atomic E-state index is -3.76. The summed E-state index contributed by atoms with van der Waals surface area (Å²) in [5, 5.41) is 12.3. The predicted octanol–water partition coefficient (Wildman–Crippen LogP) is 1.02. The molecule has 1 heterocycles. The van der Waals surface area contributed by atoms with E-state index in [9.17, 15) is 13.2 Å². The lowest BCUT2D eigenvalue weighted by atomic mass is 10.1. The van der Waals surface area contributed by atoms with Crippen molar-refractivity contribution < 1.29 is 22.8 Å². The van der Waals surface area contributed by atoms with E-state index >= 15 is 0 Å². The number of rotatable bonds is 5. The molecular formula is C11H11N3O5S. The summed E-state index contributed by atoms with van der Waals surface area (Å²) in [6.45, 7) is 1.55. The summed E-state index contributed by atoms with van der Waals surface area (Å²) in [5.74, 6) is -1.21. The van der Waals surface area contributed by atoms with Crippen LogP contribution in [0.5, 0.6) is 0 Å². The number of nitrogens with zero attached hydrogens (tertiary/aromatic N) is 2. The van der Waals surface area contributed by atoms with E-state index in [4.69, 9.17) is 5.11 Å². The quantitative estimate of drug-likeness (QED) is 0.844.